The van der Waals surface area contributed by atoms with Crippen LogP contribution in [0.2, 0.25) is 0 Å². The number of halogens is 1. The van der Waals surface area contributed by atoms with Gasteiger partial charge in [0, 0.05) is 11.0 Å². The van der Waals surface area contributed by atoms with Crippen molar-refractivity contribution >= 4 is 31.9 Å². The Labute approximate surface area is 134 Å². The predicted octanol–water partition coefficient (Wildman–Crippen LogP) is 2.72. The van der Waals surface area contributed by atoms with Gasteiger partial charge < -0.3 is 4.74 Å². The Morgan fingerprint density at radius 1 is 1.33 bits per heavy atom. The summed E-state index contributed by atoms with van der Waals surface area (Å²) < 4.78 is 32.1. The van der Waals surface area contributed by atoms with Crippen molar-refractivity contribution in [1.82, 2.24) is 4.31 Å². The number of hydrogen-bond acceptors (Lipinski definition) is 4. The van der Waals surface area contributed by atoms with Gasteiger partial charge >= 0.3 is 5.97 Å². The van der Waals surface area contributed by atoms with Crippen LogP contribution in [0.1, 0.15) is 25.8 Å². The number of benzene rings is 1. The first-order valence-corrected chi connectivity index (χ1v) is 8.98. The second-order valence-corrected chi connectivity index (χ2v) is 7.35. The number of sulfonamides is 1. The molecule has 0 saturated carbocycles. The van der Waals surface area contributed by atoms with Gasteiger partial charge in [-0.15, -0.1) is 0 Å². The van der Waals surface area contributed by atoms with E-state index in [1.165, 1.54) is 6.07 Å². The van der Waals surface area contributed by atoms with E-state index in [9.17, 15) is 13.2 Å². The van der Waals surface area contributed by atoms with Crippen molar-refractivity contribution in [2.75, 3.05) is 19.7 Å². The molecule has 1 aromatic rings. The third-order valence-electron chi connectivity index (χ3n) is 2.85. The molecule has 0 unspecified atom stereocenters. The van der Waals surface area contributed by atoms with E-state index in [2.05, 4.69) is 15.9 Å². The first kappa shape index (κ1) is 18.1. The number of nitrogens with zero attached hydrogens (tertiary/aromatic N) is 1. The molecule has 5 nitrogen and oxygen atoms in total. The van der Waals surface area contributed by atoms with E-state index in [1.807, 2.05) is 13.8 Å². The normalized spacial score (nSPS) is 11.7. The molecule has 0 aromatic heterocycles. The third kappa shape index (κ3) is 4.79. The third-order valence-corrected chi connectivity index (χ3v) is 5.58. The zero-order valence-electron chi connectivity index (χ0n) is 12.4. The minimum absolute atomic E-state index is 0.181. The number of rotatable bonds is 7. The molecule has 1 aromatic carbocycles. The van der Waals surface area contributed by atoms with Gasteiger partial charge in [0.05, 0.1) is 11.5 Å². The maximum atomic E-state index is 12.6. The average molecular weight is 378 g/mol. The predicted molar refractivity (Wildman–Crippen MR) is 84.6 cm³/mol. The average Bonchev–Trinajstić information content (AvgIpc) is 2.41. The van der Waals surface area contributed by atoms with Crippen molar-refractivity contribution in [2.45, 2.75) is 32.1 Å². The molecule has 0 fully saturated rings. The second-order valence-electron chi connectivity index (χ2n) is 4.55. The fourth-order valence-electron chi connectivity index (χ4n) is 1.81. The van der Waals surface area contributed by atoms with Crippen LogP contribution in [0.3, 0.4) is 0 Å². The Hall–Kier alpha value is -0.920. The van der Waals surface area contributed by atoms with Crippen LogP contribution in [0.5, 0.6) is 0 Å². The van der Waals surface area contributed by atoms with Crippen LogP contribution in [0.25, 0.3) is 0 Å². The molecule has 21 heavy (non-hydrogen) atoms. The highest BCUT2D eigenvalue weighted by Crippen LogP contribution is 2.22. The highest BCUT2D eigenvalue weighted by Gasteiger charge is 2.26. The summed E-state index contributed by atoms with van der Waals surface area (Å²) in [4.78, 5) is 11.8. The molecule has 0 N–H and O–H groups in total. The molecular weight excluding hydrogens is 358 g/mol. The summed E-state index contributed by atoms with van der Waals surface area (Å²) in [5.74, 6) is -0.539. The van der Waals surface area contributed by atoms with Crippen LogP contribution in [0.15, 0.2) is 27.6 Å². The summed E-state index contributed by atoms with van der Waals surface area (Å²) in [7, 11) is -3.70. The van der Waals surface area contributed by atoms with E-state index in [-0.39, 0.29) is 24.6 Å². The molecule has 0 bridgehead atoms. The first-order valence-electron chi connectivity index (χ1n) is 6.74. The fraction of sp³-hybridized carbons (Fsp3) is 0.500. The summed E-state index contributed by atoms with van der Waals surface area (Å²) >= 11 is 3.34. The van der Waals surface area contributed by atoms with E-state index in [4.69, 9.17) is 4.74 Å². The lowest BCUT2D eigenvalue weighted by molar-refractivity contribution is -0.143. The van der Waals surface area contributed by atoms with Gasteiger partial charge in [-0.3, -0.25) is 4.79 Å². The van der Waals surface area contributed by atoms with Gasteiger partial charge in [-0.25, -0.2) is 8.42 Å². The molecule has 0 radical (unpaired) electrons. The Balaban J connectivity index is 3.09. The van der Waals surface area contributed by atoms with Gasteiger partial charge in [0.2, 0.25) is 10.0 Å². The van der Waals surface area contributed by atoms with Crippen LogP contribution < -0.4 is 0 Å². The Bertz CT molecular complexity index is 601. The molecule has 0 aliphatic heterocycles. The number of ether oxygens (including phenoxy) is 1. The highest BCUT2D eigenvalue weighted by molar-refractivity contribution is 9.10. The molecule has 0 spiro atoms. The van der Waals surface area contributed by atoms with E-state index >= 15 is 0 Å². The topological polar surface area (TPSA) is 63.7 Å². The SMILES string of the molecule is CCCN(CC(=O)OCC)S(=O)(=O)c1ccc(Br)c(C)c1. The summed E-state index contributed by atoms with van der Waals surface area (Å²) in [5, 5.41) is 0. The van der Waals surface area contributed by atoms with E-state index < -0.39 is 16.0 Å². The molecule has 0 saturated heterocycles. The Morgan fingerprint density at radius 3 is 2.52 bits per heavy atom. The molecule has 0 aliphatic rings. The lowest BCUT2D eigenvalue weighted by atomic mass is 10.2. The molecule has 0 amide bonds. The first-order chi connectivity index (χ1) is 9.82. The van der Waals surface area contributed by atoms with Crippen molar-refractivity contribution in [2.24, 2.45) is 0 Å². The molecule has 7 heteroatoms. The van der Waals surface area contributed by atoms with Crippen molar-refractivity contribution < 1.29 is 17.9 Å². The van der Waals surface area contributed by atoms with Crippen molar-refractivity contribution in [3.63, 3.8) is 0 Å². The smallest absolute Gasteiger partial charge is 0.321 e. The van der Waals surface area contributed by atoms with Gasteiger partial charge in [-0.2, -0.15) is 4.31 Å². The van der Waals surface area contributed by atoms with Crippen LogP contribution in [0, 0.1) is 6.92 Å². The van der Waals surface area contributed by atoms with Crippen LogP contribution in [-0.4, -0.2) is 38.4 Å². The number of carbonyl (C=O) groups excluding carboxylic acids is 1. The summed E-state index contributed by atoms with van der Waals surface area (Å²) in [6, 6.07) is 4.81. The van der Waals surface area contributed by atoms with E-state index in [0.29, 0.717) is 6.42 Å². The van der Waals surface area contributed by atoms with Crippen LogP contribution in [-0.2, 0) is 19.6 Å². The largest absolute Gasteiger partial charge is 0.465 e. The summed E-state index contributed by atoms with van der Waals surface area (Å²) in [6.45, 7) is 5.61. The second kappa shape index (κ2) is 7.91. The Kier molecular flexibility index (Phi) is 6.83. The Morgan fingerprint density at radius 2 is 2.00 bits per heavy atom. The van der Waals surface area contributed by atoms with Gasteiger partial charge in [0.1, 0.15) is 6.54 Å². The zero-order valence-corrected chi connectivity index (χ0v) is 14.8. The van der Waals surface area contributed by atoms with Gasteiger partial charge in [-0.1, -0.05) is 22.9 Å². The highest BCUT2D eigenvalue weighted by atomic mass is 79.9. The van der Waals surface area contributed by atoms with Gasteiger partial charge in [0.15, 0.2) is 0 Å². The number of carbonyl (C=O) groups is 1. The molecule has 118 valence electrons. The molecule has 0 aliphatic carbocycles. The maximum Gasteiger partial charge on any atom is 0.321 e. The van der Waals surface area contributed by atoms with Crippen LogP contribution >= 0.6 is 15.9 Å². The minimum atomic E-state index is -3.70. The molecule has 0 atom stereocenters. The van der Waals surface area contributed by atoms with E-state index in [1.54, 1.807) is 19.1 Å². The quantitative estimate of drug-likeness (QED) is 0.685. The number of hydrogen-bond donors (Lipinski definition) is 0. The van der Waals surface area contributed by atoms with Crippen molar-refractivity contribution in [3.05, 3.63) is 28.2 Å². The van der Waals surface area contributed by atoms with Gasteiger partial charge in [-0.05, 0) is 44.0 Å². The van der Waals surface area contributed by atoms with Crippen molar-refractivity contribution in [1.29, 1.82) is 0 Å². The molecular formula is C14H20BrNO4S. The lowest BCUT2D eigenvalue weighted by Crippen LogP contribution is -2.37. The zero-order chi connectivity index (χ0) is 16.0. The van der Waals surface area contributed by atoms with E-state index in [0.717, 1.165) is 14.3 Å². The summed E-state index contributed by atoms with van der Waals surface area (Å²) in [6.07, 6.45) is 0.619. The fourth-order valence-corrected chi connectivity index (χ4v) is 3.62. The van der Waals surface area contributed by atoms with Crippen LogP contribution in [0.4, 0.5) is 0 Å². The molecule has 1 rings (SSSR count). The standard InChI is InChI=1S/C14H20BrNO4S/c1-4-8-16(10-14(17)20-5-2)21(18,19)12-6-7-13(15)11(3)9-12/h6-7,9H,4-5,8,10H2,1-3H3. The number of aryl methyl sites for hydroxylation is 1. The monoisotopic (exact) mass is 377 g/mol. The number of esters is 1. The summed E-state index contributed by atoms with van der Waals surface area (Å²) in [5.41, 5.74) is 0.823. The maximum absolute atomic E-state index is 12.6. The molecule has 0 heterocycles. The lowest BCUT2D eigenvalue weighted by Gasteiger charge is -2.21. The van der Waals surface area contributed by atoms with Crippen molar-refractivity contribution in [3.8, 4) is 0 Å². The van der Waals surface area contributed by atoms with Gasteiger partial charge in [0.25, 0.3) is 0 Å². The minimum Gasteiger partial charge on any atom is -0.465 e.